The Morgan fingerprint density at radius 1 is 0.344 bits per heavy atom. The van der Waals surface area contributed by atoms with Crippen molar-refractivity contribution in [3.8, 4) is 0 Å². The monoisotopic (exact) mass is 1910 g/mol. The van der Waals surface area contributed by atoms with E-state index in [2.05, 4.69) is 31.3 Å². The molecular formula is C78H123F9N10O34. The first-order valence-electron chi connectivity index (χ1n) is 43.2. The maximum atomic E-state index is 13.7. The lowest BCUT2D eigenvalue weighted by Gasteiger charge is -2.42. The molecule has 44 nitrogen and oxygen atoms in total. The Morgan fingerprint density at radius 3 is 0.878 bits per heavy atom. The van der Waals surface area contributed by atoms with Gasteiger partial charge in [0.25, 0.3) is 0 Å². The third-order valence-corrected chi connectivity index (χ3v) is 21.1. The van der Waals surface area contributed by atoms with Crippen molar-refractivity contribution in [2.75, 3.05) is 244 Å². The van der Waals surface area contributed by atoms with Crippen molar-refractivity contribution in [1.29, 1.82) is 0 Å². The van der Waals surface area contributed by atoms with E-state index in [9.17, 15) is 73.1 Å². The maximum absolute atomic E-state index is 13.7. The lowest BCUT2D eigenvalue weighted by Crippen LogP contribution is -2.66. The number of nitrogens with one attached hydrogen (secondary N) is 7. The normalized spacial score (nSPS) is 27.7. The zero-order valence-corrected chi connectivity index (χ0v) is 74.0. The minimum Gasteiger partial charge on any atom is -0.378 e. The van der Waals surface area contributed by atoms with Crippen LogP contribution in [-0.2, 0) is 161 Å². The molecular weight excluding hydrogens is 1790 g/mol. The van der Waals surface area contributed by atoms with E-state index in [4.69, 9.17) is 133 Å². The van der Waals surface area contributed by atoms with Gasteiger partial charge in [0.05, 0.1) is 218 Å². The number of amides is 7. The summed E-state index contributed by atoms with van der Waals surface area (Å²) in [4.78, 5) is 90.9. The average Bonchev–Trinajstić information content (AvgIpc) is 1.58. The zero-order valence-electron chi connectivity index (χ0n) is 74.0. The van der Waals surface area contributed by atoms with Crippen molar-refractivity contribution >= 4 is 41.4 Å². The summed E-state index contributed by atoms with van der Waals surface area (Å²) in [6, 6.07) is -3.89. The molecule has 15 atom stereocenters. The number of halogens is 9. The molecule has 9 aliphatic heterocycles. The minimum absolute atomic E-state index is 0.0145. The van der Waals surface area contributed by atoms with Crippen molar-refractivity contribution in [2.24, 2.45) is 5.11 Å². The fourth-order valence-electron chi connectivity index (χ4n) is 15.2. The first-order chi connectivity index (χ1) is 62.3. The lowest BCUT2D eigenvalue weighted by atomic mass is 9.88. The predicted octanol–water partition coefficient (Wildman–Crippen LogP) is 0.167. The molecule has 0 aromatic heterocycles. The fraction of sp³-hybridized carbons (Fsp3) is 0.910. The highest BCUT2D eigenvalue weighted by Crippen LogP contribution is 2.50. The number of fused-ring (bicyclic) bond motifs is 12. The second-order valence-corrected chi connectivity index (χ2v) is 33.0. The lowest BCUT2D eigenvalue weighted by molar-refractivity contribution is -0.218. The summed E-state index contributed by atoms with van der Waals surface area (Å²) in [5.41, 5.74) is 3.66. The molecule has 0 aromatic rings. The van der Waals surface area contributed by atoms with Gasteiger partial charge in [0, 0.05) is 56.8 Å². The van der Waals surface area contributed by atoms with Crippen molar-refractivity contribution in [3.05, 3.63) is 10.4 Å². The number of hydrogen-bond acceptors (Lipinski definition) is 35. The van der Waals surface area contributed by atoms with E-state index in [1.165, 1.54) is 0 Å². The number of hydrogen-bond donors (Lipinski definition) is 7. The fourth-order valence-corrected chi connectivity index (χ4v) is 15.2. The summed E-state index contributed by atoms with van der Waals surface area (Å²) in [5.74, 6) is -11.7. The van der Waals surface area contributed by atoms with Gasteiger partial charge in [-0.05, 0) is 59.9 Å². The summed E-state index contributed by atoms with van der Waals surface area (Å²) in [5, 5.41) is 20.5. The number of unbranched alkanes of at least 4 members (excludes halogenated alkanes) is 1. The van der Waals surface area contributed by atoms with Gasteiger partial charge in [-0.15, -0.1) is 0 Å². The quantitative estimate of drug-likeness (QED) is 0.0140. The van der Waals surface area contributed by atoms with Crippen molar-refractivity contribution in [3.63, 3.8) is 0 Å². The van der Waals surface area contributed by atoms with Crippen LogP contribution >= 0.6 is 0 Å². The second-order valence-electron chi connectivity index (χ2n) is 33.0. The van der Waals surface area contributed by atoms with Crippen LogP contribution in [0.15, 0.2) is 5.11 Å². The number of rotatable bonds is 66. The van der Waals surface area contributed by atoms with Crippen LogP contribution in [0.4, 0.5) is 39.5 Å². The van der Waals surface area contributed by atoms with E-state index in [-0.39, 0.29) is 270 Å². The highest BCUT2D eigenvalue weighted by atomic mass is 19.4. The van der Waals surface area contributed by atoms with Crippen molar-refractivity contribution < 1.29 is 201 Å². The molecule has 0 saturated carbocycles. The van der Waals surface area contributed by atoms with Crippen LogP contribution in [-0.4, -0.2) is 417 Å². The van der Waals surface area contributed by atoms with Crippen LogP contribution in [0.25, 0.3) is 10.4 Å². The molecule has 131 heavy (non-hydrogen) atoms. The molecule has 9 rings (SSSR count). The Morgan fingerprint density at radius 2 is 0.611 bits per heavy atom. The highest BCUT2D eigenvalue weighted by molar-refractivity contribution is 5.83. The SMILES string of the molecule is CC1(C)O[C@@H]2[C@@H](NC(=O)C(F)(F)F)[C@H]3OC[C@](COCCOCCOCCOCCNC(=O)CCOCC(COCCC(=O)NCCOCCOCCOCCOC[C@@]45CO[C@@H](O4)[C@H](NC(=O)C(F)(F)F)[C@H]4OC(C)(C)O[C@H]45)(COCCC(=O)NCCOCCOCCOCCOC[C@@]45CO[C@@H](O4)[C@H](NC(=O)C(F)(F)F)[C@H]4OC(C)(C)O[C@H]45)NC(=O)CCCCN=[N+]=[N-])(O3)[C@@H]2O1. The van der Waals surface area contributed by atoms with Crippen LogP contribution in [0.2, 0.25) is 0 Å². The van der Waals surface area contributed by atoms with Crippen LogP contribution in [0.5, 0.6) is 0 Å². The summed E-state index contributed by atoms with van der Waals surface area (Å²) >= 11 is 0. The Kier molecular flexibility index (Phi) is 43.0. The van der Waals surface area contributed by atoms with Gasteiger partial charge in [0.15, 0.2) is 36.2 Å². The summed E-state index contributed by atoms with van der Waals surface area (Å²) in [7, 11) is 0. The van der Waals surface area contributed by atoms with E-state index >= 15 is 0 Å². The van der Waals surface area contributed by atoms with Crippen LogP contribution in [0, 0.1) is 0 Å². The molecule has 9 aliphatic rings. The largest absolute Gasteiger partial charge is 0.471 e. The van der Waals surface area contributed by atoms with Gasteiger partial charge >= 0.3 is 36.3 Å². The predicted molar refractivity (Wildman–Crippen MR) is 420 cm³/mol. The van der Waals surface area contributed by atoms with Crippen LogP contribution in [0.3, 0.4) is 0 Å². The highest BCUT2D eigenvalue weighted by Gasteiger charge is 2.70. The van der Waals surface area contributed by atoms with Crippen molar-refractivity contribution in [1.82, 2.24) is 37.2 Å². The van der Waals surface area contributed by atoms with Gasteiger partial charge in [-0.2, -0.15) is 39.5 Å². The molecule has 752 valence electrons. The molecule has 53 heteroatoms. The smallest absolute Gasteiger partial charge is 0.378 e. The summed E-state index contributed by atoms with van der Waals surface area (Å²) in [6.07, 6.45) is -24.7. The van der Waals surface area contributed by atoms with Gasteiger partial charge in [-0.25, -0.2) is 0 Å². The number of carbonyl (C=O) groups excluding carboxylic acids is 7. The molecule has 9 fully saturated rings. The third kappa shape index (κ3) is 34.5. The molecule has 7 amide bonds. The molecule has 6 bridgehead atoms. The van der Waals surface area contributed by atoms with E-state index in [1.54, 1.807) is 41.5 Å². The average molecular weight is 1920 g/mol. The summed E-state index contributed by atoms with van der Waals surface area (Å²) < 4.78 is 275. The number of nitrogens with zero attached hydrogens (tertiary/aromatic N) is 3. The number of carbonyl (C=O) groups is 7. The standard InChI is InChI=1S/C78H123F9N10O34/c1-69(2)123-57-54(93-66(102)76(79,80)81)63-120-47-73(129-63,60(57)126-69)44-117-38-35-111-32-29-108-26-23-105-20-14-89-50(98)10-17-114-41-72(96-53(101)9-7-8-13-92-97-88,42-115-18-11-51(99)90-15-21-106-24-27-109-30-33-112-36-39-118-45-74-48-121-64(130-74)55(94-67(103)77(82,83)84)58-61(74)127-70(3,4)124-58)43-116-19-12-52(100)91-16-22-107-25-28-110-31-34-113-37-40-119-46-75-49-122-65(131-75)56(95-68(104)78(85,86)87)59-62(75)128-71(5,6)125-59/h54-65H,7-49H2,1-6H3,(H,89,98)(H,90,99)(H,91,100)(H,93,102)(H,94,103)(H,95,104)(H,96,101)/t54-,55-,56-,57-,58-,59-,60-,61-,62-,63+,64+,65+,73+,74+,75+/m1/s1. The van der Waals surface area contributed by atoms with E-state index in [1.807, 2.05) is 16.0 Å². The molecule has 7 N–H and O–H groups in total. The van der Waals surface area contributed by atoms with E-state index in [0.717, 1.165) is 0 Å². The summed E-state index contributed by atoms with van der Waals surface area (Å²) in [6.45, 7) is 11.9. The zero-order chi connectivity index (χ0) is 94.8. The Bertz CT molecular complexity index is 3270. The van der Waals surface area contributed by atoms with E-state index in [0.29, 0.717) is 12.8 Å². The maximum Gasteiger partial charge on any atom is 0.471 e. The molecule has 0 aliphatic carbocycles. The topological polar surface area (TPSA) is 502 Å². The Balaban J connectivity index is 0.633. The Labute approximate surface area is 748 Å². The molecule has 9 heterocycles. The van der Waals surface area contributed by atoms with Crippen LogP contribution in [0.1, 0.15) is 80.1 Å². The minimum atomic E-state index is -5.14. The molecule has 9 saturated heterocycles. The molecule has 0 spiro atoms. The van der Waals surface area contributed by atoms with Crippen LogP contribution < -0.4 is 37.2 Å². The number of ether oxygens (including phenoxy) is 27. The third-order valence-electron chi connectivity index (χ3n) is 21.1. The van der Waals surface area contributed by atoms with Gasteiger partial charge in [0.2, 0.25) is 23.6 Å². The molecule has 0 unspecified atom stereocenters. The first-order valence-corrected chi connectivity index (χ1v) is 43.2. The molecule has 0 radical (unpaired) electrons. The second kappa shape index (κ2) is 51.9. The number of azide groups is 1. The van der Waals surface area contributed by atoms with Gasteiger partial charge < -0.3 is 165 Å². The molecule has 0 aromatic carbocycles. The first kappa shape index (κ1) is 109. The van der Waals surface area contributed by atoms with E-state index < -0.39 is 173 Å². The number of alkyl halides is 9. The van der Waals surface area contributed by atoms with Crippen molar-refractivity contribution in [2.45, 2.75) is 212 Å². The Hall–Kier alpha value is -6.11. The van der Waals surface area contributed by atoms with Gasteiger partial charge in [-0.1, -0.05) is 5.11 Å². The van der Waals surface area contributed by atoms with Gasteiger partial charge in [-0.3, -0.25) is 33.6 Å². The van der Waals surface area contributed by atoms with Gasteiger partial charge in [0.1, 0.15) is 77.1 Å².